The number of carbonyl (C=O) groups is 3. The number of hydrogen-bond acceptors (Lipinski definition) is 5. The summed E-state index contributed by atoms with van der Waals surface area (Å²) in [7, 11) is 1.29. The molecule has 0 aromatic heterocycles. The van der Waals surface area contributed by atoms with Crippen molar-refractivity contribution in [1.82, 2.24) is 15.5 Å². The smallest absolute Gasteiger partial charge is 0.407 e. The third kappa shape index (κ3) is 5.51. The van der Waals surface area contributed by atoms with E-state index in [0.717, 1.165) is 38.5 Å². The van der Waals surface area contributed by atoms with Gasteiger partial charge in [-0.15, -0.1) is 0 Å². The first-order valence-corrected chi connectivity index (χ1v) is 9.13. The van der Waals surface area contributed by atoms with Crippen molar-refractivity contribution in [3.05, 3.63) is 0 Å². The van der Waals surface area contributed by atoms with E-state index in [2.05, 4.69) is 15.4 Å². The van der Waals surface area contributed by atoms with Crippen molar-refractivity contribution in [2.45, 2.75) is 70.0 Å². The summed E-state index contributed by atoms with van der Waals surface area (Å²) < 4.78 is 9.68. The quantitative estimate of drug-likeness (QED) is 0.708. The molecule has 2 fully saturated rings. The molecule has 1 aliphatic carbocycles. The van der Waals surface area contributed by atoms with Crippen LogP contribution in [0.3, 0.4) is 0 Å². The molecule has 142 valence electrons. The number of methoxy groups -OCH3 is 1. The van der Waals surface area contributed by atoms with Crippen molar-refractivity contribution in [3.63, 3.8) is 0 Å². The summed E-state index contributed by atoms with van der Waals surface area (Å²) in [6.07, 6.45) is 4.89. The fraction of sp³-hybridized carbons (Fsp3) is 0.824. The van der Waals surface area contributed by atoms with Gasteiger partial charge in [0.1, 0.15) is 6.04 Å². The van der Waals surface area contributed by atoms with E-state index in [1.165, 1.54) is 7.11 Å². The summed E-state index contributed by atoms with van der Waals surface area (Å²) in [5, 5.41) is 5.49. The highest BCUT2D eigenvalue weighted by Crippen LogP contribution is 2.27. The Morgan fingerprint density at radius 3 is 2.48 bits per heavy atom. The minimum Gasteiger partial charge on any atom is -0.453 e. The Bertz CT molecular complexity index is 477. The van der Waals surface area contributed by atoms with Crippen LogP contribution in [0.4, 0.5) is 9.59 Å². The molecule has 0 bridgehead atoms. The molecule has 1 saturated carbocycles. The molecule has 2 aliphatic rings. The van der Waals surface area contributed by atoms with Gasteiger partial charge in [-0.05, 0) is 38.5 Å². The lowest BCUT2D eigenvalue weighted by Gasteiger charge is -2.34. The van der Waals surface area contributed by atoms with Crippen molar-refractivity contribution in [2.24, 2.45) is 0 Å². The van der Waals surface area contributed by atoms with Gasteiger partial charge < -0.3 is 25.0 Å². The molecule has 25 heavy (non-hydrogen) atoms. The predicted molar refractivity (Wildman–Crippen MR) is 91.1 cm³/mol. The molecule has 1 atom stereocenters. The van der Waals surface area contributed by atoms with Crippen molar-refractivity contribution in [2.75, 3.05) is 20.3 Å². The molecule has 0 spiro atoms. The average molecular weight is 355 g/mol. The lowest BCUT2D eigenvalue weighted by molar-refractivity contribution is -0.131. The van der Waals surface area contributed by atoms with E-state index in [-0.39, 0.29) is 24.1 Å². The number of ether oxygens (including phenoxy) is 2. The Morgan fingerprint density at radius 1 is 1.12 bits per heavy atom. The molecule has 1 heterocycles. The highest BCUT2D eigenvalue weighted by atomic mass is 16.5. The number of nitrogens with one attached hydrogen (secondary N) is 2. The fourth-order valence-electron chi connectivity index (χ4n) is 3.45. The Labute approximate surface area is 148 Å². The molecule has 8 heteroatoms. The number of nitrogens with zero attached hydrogens (tertiary/aromatic N) is 1. The zero-order chi connectivity index (χ0) is 18.2. The summed E-state index contributed by atoms with van der Waals surface area (Å²) in [4.78, 5) is 37.3. The van der Waals surface area contributed by atoms with Crippen LogP contribution in [0.1, 0.15) is 51.9 Å². The van der Waals surface area contributed by atoms with E-state index in [1.54, 1.807) is 0 Å². The Morgan fingerprint density at radius 2 is 1.84 bits per heavy atom. The van der Waals surface area contributed by atoms with Gasteiger partial charge in [0.15, 0.2) is 0 Å². The van der Waals surface area contributed by atoms with Gasteiger partial charge in [0, 0.05) is 18.6 Å². The number of amides is 3. The van der Waals surface area contributed by atoms with E-state index in [1.807, 2.05) is 11.8 Å². The number of alkyl carbamates (subject to hydrolysis) is 2. The maximum atomic E-state index is 12.4. The van der Waals surface area contributed by atoms with Crippen LogP contribution in [0.25, 0.3) is 0 Å². The second kappa shape index (κ2) is 9.48. The maximum absolute atomic E-state index is 12.4. The van der Waals surface area contributed by atoms with Crippen LogP contribution in [-0.4, -0.2) is 61.4 Å². The molecule has 1 saturated heterocycles. The van der Waals surface area contributed by atoms with Gasteiger partial charge in [0.2, 0.25) is 5.91 Å². The van der Waals surface area contributed by atoms with Crippen LogP contribution in [0.2, 0.25) is 0 Å². The number of likely N-dealkylation sites (tertiary alicyclic amines) is 1. The molecule has 0 aromatic carbocycles. The SMILES string of the molecule is CCCCOC(=O)NC1CCC(N2CC[C@@H](NC(=O)OC)C2=O)CC1. The van der Waals surface area contributed by atoms with E-state index in [9.17, 15) is 14.4 Å². The molecular weight excluding hydrogens is 326 g/mol. The van der Waals surface area contributed by atoms with Gasteiger partial charge >= 0.3 is 12.2 Å². The normalized spacial score (nSPS) is 26.2. The first-order chi connectivity index (χ1) is 12.0. The summed E-state index contributed by atoms with van der Waals surface area (Å²) in [6, 6.07) is -0.213. The lowest BCUT2D eigenvalue weighted by atomic mass is 9.90. The largest absolute Gasteiger partial charge is 0.453 e. The highest BCUT2D eigenvalue weighted by Gasteiger charge is 2.38. The third-order valence-corrected chi connectivity index (χ3v) is 4.91. The minimum absolute atomic E-state index is 0.0409. The number of rotatable bonds is 6. The Balaban J connectivity index is 1.72. The molecule has 1 aliphatic heterocycles. The minimum atomic E-state index is -0.574. The third-order valence-electron chi connectivity index (χ3n) is 4.91. The summed E-state index contributed by atoms with van der Waals surface area (Å²) >= 11 is 0. The van der Waals surface area contributed by atoms with Gasteiger partial charge in [0.05, 0.1) is 13.7 Å². The van der Waals surface area contributed by atoms with Crippen LogP contribution in [-0.2, 0) is 14.3 Å². The van der Waals surface area contributed by atoms with Crippen molar-refractivity contribution < 1.29 is 23.9 Å². The fourth-order valence-corrected chi connectivity index (χ4v) is 3.45. The molecule has 0 unspecified atom stereocenters. The zero-order valence-electron chi connectivity index (χ0n) is 15.1. The van der Waals surface area contributed by atoms with Crippen molar-refractivity contribution in [3.8, 4) is 0 Å². The van der Waals surface area contributed by atoms with Crippen LogP contribution < -0.4 is 10.6 Å². The molecule has 3 amide bonds. The monoisotopic (exact) mass is 355 g/mol. The molecule has 0 aromatic rings. The molecule has 2 N–H and O–H groups in total. The van der Waals surface area contributed by atoms with Crippen LogP contribution in [0.15, 0.2) is 0 Å². The second-order valence-corrected chi connectivity index (χ2v) is 6.65. The van der Waals surface area contributed by atoms with Crippen molar-refractivity contribution in [1.29, 1.82) is 0 Å². The summed E-state index contributed by atoms with van der Waals surface area (Å²) in [5.74, 6) is -0.0409. The maximum Gasteiger partial charge on any atom is 0.407 e. The first kappa shape index (κ1) is 19.3. The van der Waals surface area contributed by atoms with E-state index in [0.29, 0.717) is 19.6 Å². The van der Waals surface area contributed by atoms with Crippen molar-refractivity contribution >= 4 is 18.1 Å². The number of carbonyl (C=O) groups excluding carboxylic acids is 3. The van der Waals surface area contributed by atoms with E-state index < -0.39 is 12.1 Å². The zero-order valence-corrected chi connectivity index (χ0v) is 15.1. The average Bonchev–Trinajstić information content (AvgIpc) is 2.96. The van der Waals surface area contributed by atoms with Gasteiger partial charge in [-0.1, -0.05) is 13.3 Å². The molecular formula is C17H29N3O5. The topological polar surface area (TPSA) is 97.0 Å². The molecule has 2 rings (SSSR count). The van der Waals surface area contributed by atoms with Gasteiger partial charge in [-0.25, -0.2) is 9.59 Å². The Kier molecular flexibility index (Phi) is 7.33. The predicted octanol–water partition coefficient (Wildman–Crippen LogP) is 1.78. The summed E-state index contributed by atoms with van der Waals surface area (Å²) in [5.41, 5.74) is 0. The second-order valence-electron chi connectivity index (χ2n) is 6.65. The first-order valence-electron chi connectivity index (χ1n) is 9.13. The Hall–Kier alpha value is -1.99. The molecule has 0 radical (unpaired) electrons. The standard InChI is InChI=1S/C17H29N3O5/c1-3-4-11-25-17(23)18-12-5-7-13(8-6-12)20-10-9-14(15(20)21)19-16(22)24-2/h12-14H,3-11H2,1-2H3,(H,18,23)(H,19,22)/t12?,13?,14-/m1/s1. The van der Waals surface area contributed by atoms with E-state index >= 15 is 0 Å². The van der Waals surface area contributed by atoms with Crippen LogP contribution in [0, 0.1) is 0 Å². The number of hydrogen-bond donors (Lipinski definition) is 2. The van der Waals surface area contributed by atoms with Gasteiger partial charge in [-0.3, -0.25) is 4.79 Å². The van der Waals surface area contributed by atoms with Crippen LogP contribution in [0.5, 0.6) is 0 Å². The summed E-state index contributed by atoms with van der Waals surface area (Å²) in [6.45, 7) is 3.15. The van der Waals surface area contributed by atoms with Gasteiger partial charge in [-0.2, -0.15) is 0 Å². The number of unbranched alkanes of at least 4 members (excludes halogenated alkanes) is 1. The van der Waals surface area contributed by atoms with Crippen LogP contribution >= 0.6 is 0 Å². The van der Waals surface area contributed by atoms with Gasteiger partial charge in [0.25, 0.3) is 0 Å². The van der Waals surface area contributed by atoms with E-state index in [4.69, 9.17) is 4.74 Å². The highest BCUT2D eigenvalue weighted by molar-refractivity contribution is 5.87. The lowest BCUT2D eigenvalue weighted by Crippen LogP contribution is -2.47. The molecule has 8 nitrogen and oxygen atoms in total.